The molecule has 1 atom stereocenters. The summed E-state index contributed by atoms with van der Waals surface area (Å²) in [6.45, 7) is 16.0. The topological polar surface area (TPSA) is 41.9 Å². The molecule has 5 heteroatoms. The van der Waals surface area contributed by atoms with Crippen molar-refractivity contribution in [3.8, 4) is 0 Å². The smallest absolute Gasteiger partial charge is 0.192 e. The number of hydrogen-bond donors (Lipinski definition) is 1. The molecule has 0 aromatic carbocycles. The third-order valence-corrected chi connectivity index (χ3v) is 8.82. The lowest BCUT2D eigenvalue weighted by Crippen LogP contribution is -2.49. The van der Waals surface area contributed by atoms with Crippen LogP contribution >= 0.6 is 0 Å². The van der Waals surface area contributed by atoms with Crippen LogP contribution in [-0.2, 0) is 9.16 Å². The Morgan fingerprint density at radius 1 is 1.26 bits per heavy atom. The number of hydrogen-bond acceptors (Lipinski definition) is 4. The first-order valence-electron chi connectivity index (χ1n) is 7.35. The van der Waals surface area contributed by atoms with Crippen molar-refractivity contribution in [2.75, 3.05) is 39.5 Å². The standard InChI is InChI=1S/C14H31NO3Si/c1-14(2,3)19(4,5)18-13(6-9-16)12-15-7-10-17-11-8-15/h13,16H,6-12H2,1-5H3. The Labute approximate surface area is 119 Å². The fourth-order valence-electron chi connectivity index (χ4n) is 2.00. The molecule has 0 aromatic rings. The highest BCUT2D eigenvalue weighted by Crippen LogP contribution is 2.37. The molecule has 1 fully saturated rings. The molecule has 0 amide bonds. The monoisotopic (exact) mass is 289 g/mol. The van der Waals surface area contributed by atoms with Gasteiger partial charge in [0.2, 0.25) is 0 Å². The highest BCUT2D eigenvalue weighted by Gasteiger charge is 2.39. The predicted molar refractivity (Wildman–Crippen MR) is 81.0 cm³/mol. The highest BCUT2D eigenvalue weighted by molar-refractivity contribution is 6.74. The van der Waals surface area contributed by atoms with E-state index >= 15 is 0 Å². The lowest BCUT2D eigenvalue weighted by molar-refractivity contribution is 0.0128. The maximum atomic E-state index is 9.26. The fourth-order valence-corrected chi connectivity index (χ4v) is 3.38. The molecular formula is C14H31NO3Si. The third kappa shape index (κ3) is 5.51. The van der Waals surface area contributed by atoms with Crippen molar-refractivity contribution >= 4 is 8.32 Å². The van der Waals surface area contributed by atoms with Crippen LogP contribution in [0.25, 0.3) is 0 Å². The normalized spacial score (nSPS) is 20.5. The molecule has 1 rings (SSSR count). The number of ether oxygens (including phenoxy) is 1. The molecule has 0 saturated carbocycles. The molecule has 0 bridgehead atoms. The highest BCUT2D eigenvalue weighted by atomic mass is 28.4. The van der Waals surface area contributed by atoms with Gasteiger partial charge in [-0.15, -0.1) is 0 Å². The van der Waals surface area contributed by atoms with E-state index in [2.05, 4.69) is 38.8 Å². The molecule has 1 N–H and O–H groups in total. The van der Waals surface area contributed by atoms with E-state index in [1.165, 1.54) is 0 Å². The van der Waals surface area contributed by atoms with Crippen LogP contribution in [0.2, 0.25) is 18.1 Å². The molecule has 1 unspecified atom stereocenters. The van der Waals surface area contributed by atoms with Crippen molar-refractivity contribution in [2.45, 2.75) is 51.4 Å². The Morgan fingerprint density at radius 3 is 2.32 bits per heavy atom. The molecule has 0 aliphatic carbocycles. The molecule has 19 heavy (non-hydrogen) atoms. The first-order valence-corrected chi connectivity index (χ1v) is 10.3. The van der Waals surface area contributed by atoms with E-state index in [9.17, 15) is 5.11 Å². The molecule has 1 heterocycles. The summed E-state index contributed by atoms with van der Waals surface area (Å²) in [6.07, 6.45) is 0.869. The van der Waals surface area contributed by atoms with Gasteiger partial charge in [-0.25, -0.2) is 0 Å². The molecule has 1 aliphatic heterocycles. The van der Waals surface area contributed by atoms with Gasteiger partial charge in [-0.2, -0.15) is 0 Å². The molecule has 0 aromatic heterocycles. The average Bonchev–Trinajstić information content (AvgIpc) is 2.28. The maximum absolute atomic E-state index is 9.26. The van der Waals surface area contributed by atoms with Crippen molar-refractivity contribution in [1.82, 2.24) is 4.90 Å². The minimum atomic E-state index is -1.76. The number of rotatable bonds is 6. The molecule has 114 valence electrons. The summed E-state index contributed by atoms with van der Waals surface area (Å²) < 4.78 is 11.8. The summed E-state index contributed by atoms with van der Waals surface area (Å²) in [5.74, 6) is 0. The van der Waals surface area contributed by atoms with E-state index in [4.69, 9.17) is 9.16 Å². The predicted octanol–water partition coefficient (Wildman–Crippen LogP) is 2.09. The second kappa shape index (κ2) is 7.18. The van der Waals surface area contributed by atoms with Gasteiger partial charge in [-0.3, -0.25) is 4.90 Å². The van der Waals surface area contributed by atoms with Crippen molar-refractivity contribution in [3.05, 3.63) is 0 Å². The molecule has 1 aliphatic rings. The Hall–Kier alpha value is 0.0569. The van der Waals surface area contributed by atoms with E-state index in [-0.39, 0.29) is 17.7 Å². The summed E-state index contributed by atoms with van der Waals surface area (Å²) >= 11 is 0. The molecule has 4 nitrogen and oxygen atoms in total. The molecule has 0 radical (unpaired) electrons. The van der Waals surface area contributed by atoms with E-state index in [0.717, 1.165) is 39.3 Å². The lowest BCUT2D eigenvalue weighted by atomic mass is 10.2. The van der Waals surface area contributed by atoms with Gasteiger partial charge < -0.3 is 14.3 Å². The zero-order chi connectivity index (χ0) is 14.5. The summed E-state index contributed by atoms with van der Waals surface area (Å²) in [5, 5.41) is 9.47. The fraction of sp³-hybridized carbons (Fsp3) is 1.00. The molecule has 1 saturated heterocycles. The van der Waals surface area contributed by atoms with Gasteiger partial charge in [0.1, 0.15) is 0 Å². The van der Waals surface area contributed by atoms with Gasteiger partial charge in [0.05, 0.1) is 19.3 Å². The van der Waals surface area contributed by atoms with Crippen molar-refractivity contribution in [1.29, 1.82) is 0 Å². The van der Waals surface area contributed by atoms with Crippen LogP contribution in [0.5, 0.6) is 0 Å². The Bertz CT molecular complexity index is 260. The molecular weight excluding hydrogens is 258 g/mol. The number of morpholine rings is 1. The Morgan fingerprint density at radius 2 is 1.84 bits per heavy atom. The van der Waals surface area contributed by atoms with Crippen LogP contribution in [0.15, 0.2) is 0 Å². The quantitative estimate of drug-likeness (QED) is 0.760. The largest absolute Gasteiger partial charge is 0.413 e. The second-order valence-electron chi connectivity index (χ2n) is 6.93. The van der Waals surface area contributed by atoms with Gasteiger partial charge in [0.15, 0.2) is 8.32 Å². The van der Waals surface area contributed by atoms with Crippen LogP contribution in [0.1, 0.15) is 27.2 Å². The van der Waals surface area contributed by atoms with Crippen LogP contribution in [-0.4, -0.2) is 63.9 Å². The SMILES string of the molecule is CC(C)(C)[Si](C)(C)OC(CCO)CN1CCOCC1. The van der Waals surface area contributed by atoms with Gasteiger partial charge in [0.25, 0.3) is 0 Å². The summed E-state index contributed by atoms with van der Waals surface area (Å²) in [7, 11) is -1.76. The number of aliphatic hydroxyl groups excluding tert-OH is 1. The number of aliphatic hydroxyl groups is 1. The van der Waals surface area contributed by atoms with Crippen LogP contribution in [0, 0.1) is 0 Å². The summed E-state index contributed by atoms with van der Waals surface area (Å²) in [4.78, 5) is 2.39. The van der Waals surface area contributed by atoms with Crippen molar-refractivity contribution < 1.29 is 14.3 Å². The zero-order valence-electron chi connectivity index (χ0n) is 13.2. The Kier molecular flexibility index (Phi) is 6.46. The van der Waals surface area contributed by atoms with E-state index in [0.29, 0.717) is 0 Å². The first kappa shape index (κ1) is 17.1. The van der Waals surface area contributed by atoms with Crippen LogP contribution < -0.4 is 0 Å². The first-order chi connectivity index (χ1) is 8.76. The van der Waals surface area contributed by atoms with Gasteiger partial charge in [-0.05, 0) is 24.6 Å². The summed E-state index contributed by atoms with van der Waals surface area (Å²) in [5.41, 5.74) is 0. The average molecular weight is 289 g/mol. The van der Waals surface area contributed by atoms with E-state index in [1.807, 2.05) is 0 Å². The molecule has 0 spiro atoms. The zero-order valence-corrected chi connectivity index (χ0v) is 14.2. The lowest BCUT2D eigenvalue weighted by Gasteiger charge is -2.41. The van der Waals surface area contributed by atoms with Crippen molar-refractivity contribution in [3.63, 3.8) is 0 Å². The van der Waals surface area contributed by atoms with Crippen LogP contribution in [0.4, 0.5) is 0 Å². The Balaban J connectivity index is 2.56. The van der Waals surface area contributed by atoms with E-state index < -0.39 is 8.32 Å². The van der Waals surface area contributed by atoms with Gasteiger partial charge >= 0.3 is 0 Å². The number of nitrogens with zero attached hydrogens (tertiary/aromatic N) is 1. The third-order valence-electron chi connectivity index (χ3n) is 4.28. The maximum Gasteiger partial charge on any atom is 0.192 e. The van der Waals surface area contributed by atoms with Crippen LogP contribution in [0.3, 0.4) is 0 Å². The minimum Gasteiger partial charge on any atom is -0.413 e. The summed E-state index contributed by atoms with van der Waals surface area (Å²) in [6, 6.07) is 0. The second-order valence-corrected chi connectivity index (χ2v) is 11.7. The minimum absolute atomic E-state index is 0.143. The van der Waals surface area contributed by atoms with Gasteiger partial charge in [-0.1, -0.05) is 20.8 Å². The van der Waals surface area contributed by atoms with Crippen molar-refractivity contribution in [2.24, 2.45) is 0 Å². The van der Waals surface area contributed by atoms with E-state index in [1.54, 1.807) is 0 Å². The van der Waals surface area contributed by atoms with Gasteiger partial charge in [0, 0.05) is 26.2 Å².